The van der Waals surface area contributed by atoms with Crippen LogP contribution >= 0.6 is 0 Å². The van der Waals surface area contributed by atoms with Crippen LogP contribution in [0.1, 0.15) is 17.3 Å². The molecular formula is C12H16N2O2. The van der Waals surface area contributed by atoms with Crippen molar-refractivity contribution in [2.75, 3.05) is 26.2 Å². The molecule has 0 aliphatic carbocycles. The predicted molar refractivity (Wildman–Crippen MR) is 60.4 cm³/mol. The van der Waals surface area contributed by atoms with Crippen LogP contribution < -0.4 is 0 Å². The number of rotatable bonds is 3. The minimum Gasteiger partial charge on any atom is -0.367 e. The van der Waals surface area contributed by atoms with Crippen molar-refractivity contribution < 1.29 is 9.53 Å². The van der Waals surface area contributed by atoms with E-state index >= 15 is 0 Å². The smallest absolute Gasteiger partial charge is 0.194 e. The molecule has 1 saturated heterocycles. The first-order valence-electron chi connectivity index (χ1n) is 5.59. The summed E-state index contributed by atoms with van der Waals surface area (Å²) in [7, 11) is 0. The van der Waals surface area contributed by atoms with Crippen LogP contribution in [-0.2, 0) is 4.74 Å². The molecular weight excluding hydrogens is 204 g/mol. The van der Waals surface area contributed by atoms with Gasteiger partial charge in [0.15, 0.2) is 5.78 Å². The lowest BCUT2D eigenvalue weighted by Gasteiger charge is -2.31. The Labute approximate surface area is 95.2 Å². The minimum atomic E-state index is -0.335. The van der Waals surface area contributed by atoms with Crippen molar-refractivity contribution in [2.24, 2.45) is 0 Å². The van der Waals surface area contributed by atoms with Crippen molar-refractivity contribution in [2.45, 2.75) is 13.0 Å². The van der Waals surface area contributed by atoms with E-state index in [9.17, 15) is 4.79 Å². The molecule has 2 heterocycles. The molecule has 1 unspecified atom stereocenters. The maximum absolute atomic E-state index is 12.1. The van der Waals surface area contributed by atoms with E-state index in [4.69, 9.17) is 4.74 Å². The van der Waals surface area contributed by atoms with Crippen LogP contribution in [0.15, 0.2) is 24.5 Å². The molecule has 1 aromatic rings. The van der Waals surface area contributed by atoms with Crippen molar-refractivity contribution in [3.63, 3.8) is 0 Å². The van der Waals surface area contributed by atoms with Crippen molar-refractivity contribution >= 4 is 5.78 Å². The molecule has 0 saturated carbocycles. The summed E-state index contributed by atoms with van der Waals surface area (Å²) in [5, 5.41) is 0. The largest absolute Gasteiger partial charge is 0.367 e. The van der Waals surface area contributed by atoms with Crippen molar-refractivity contribution in [3.05, 3.63) is 30.1 Å². The molecule has 0 radical (unpaired) electrons. The summed E-state index contributed by atoms with van der Waals surface area (Å²) in [5.41, 5.74) is 0.630. The highest BCUT2D eigenvalue weighted by Crippen LogP contribution is 2.10. The van der Waals surface area contributed by atoms with Gasteiger partial charge in [0.25, 0.3) is 0 Å². The minimum absolute atomic E-state index is 0.0336. The normalized spacial score (nSPS) is 21.9. The van der Waals surface area contributed by atoms with Crippen LogP contribution in [0.2, 0.25) is 0 Å². The number of likely N-dealkylation sites (N-methyl/N-ethyl adjacent to an activating group) is 1. The second-order valence-electron chi connectivity index (χ2n) is 3.86. The summed E-state index contributed by atoms with van der Waals surface area (Å²) in [6.45, 7) is 5.28. The zero-order valence-electron chi connectivity index (χ0n) is 9.43. The summed E-state index contributed by atoms with van der Waals surface area (Å²) >= 11 is 0. The second kappa shape index (κ2) is 5.18. The molecule has 0 N–H and O–H groups in total. The Balaban J connectivity index is 2.05. The summed E-state index contributed by atoms with van der Waals surface area (Å²) in [6.07, 6.45) is 2.92. The Morgan fingerprint density at radius 1 is 1.69 bits per heavy atom. The maximum atomic E-state index is 12.1. The zero-order valence-corrected chi connectivity index (χ0v) is 9.43. The van der Waals surface area contributed by atoms with Crippen molar-refractivity contribution in [1.82, 2.24) is 9.88 Å². The average molecular weight is 220 g/mol. The van der Waals surface area contributed by atoms with E-state index in [1.54, 1.807) is 24.5 Å². The molecule has 1 aromatic heterocycles. The molecule has 0 spiro atoms. The van der Waals surface area contributed by atoms with Gasteiger partial charge in [-0.25, -0.2) is 0 Å². The summed E-state index contributed by atoms with van der Waals surface area (Å²) in [6, 6.07) is 3.55. The second-order valence-corrected chi connectivity index (χ2v) is 3.86. The summed E-state index contributed by atoms with van der Waals surface area (Å²) < 4.78 is 5.51. The Bertz CT molecular complexity index is 353. The number of morpholine rings is 1. The molecule has 0 bridgehead atoms. The lowest BCUT2D eigenvalue weighted by atomic mass is 10.1. The van der Waals surface area contributed by atoms with Crippen LogP contribution in [0.25, 0.3) is 0 Å². The van der Waals surface area contributed by atoms with Crippen LogP contribution in [0, 0.1) is 0 Å². The first-order chi connectivity index (χ1) is 7.81. The van der Waals surface area contributed by atoms with E-state index in [0.29, 0.717) is 18.7 Å². The van der Waals surface area contributed by atoms with Crippen molar-refractivity contribution in [1.29, 1.82) is 0 Å². The molecule has 4 nitrogen and oxygen atoms in total. The fourth-order valence-electron chi connectivity index (χ4n) is 1.84. The molecule has 1 aliphatic heterocycles. The van der Waals surface area contributed by atoms with Gasteiger partial charge in [0, 0.05) is 31.0 Å². The Kier molecular flexibility index (Phi) is 3.64. The zero-order chi connectivity index (χ0) is 11.4. The van der Waals surface area contributed by atoms with Gasteiger partial charge in [-0.3, -0.25) is 14.7 Å². The topological polar surface area (TPSA) is 42.4 Å². The van der Waals surface area contributed by atoms with Gasteiger partial charge in [0.05, 0.1) is 6.61 Å². The lowest BCUT2D eigenvalue weighted by Crippen LogP contribution is -2.45. The number of Topliss-reactive ketones (excluding diaryl/α,β-unsaturated/α-hetero) is 1. The van der Waals surface area contributed by atoms with Gasteiger partial charge < -0.3 is 4.74 Å². The molecule has 4 heteroatoms. The number of aromatic nitrogens is 1. The SMILES string of the molecule is CCN1CCOC(C(=O)c2cccnc2)C1. The molecule has 1 atom stereocenters. The van der Waals surface area contributed by atoms with Gasteiger partial charge >= 0.3 is 0 Å². The number of carbonyl (C=O) groups excluding carboxylic acids is 1. The Morgan fingerprint density at radius 3 is 3.25 bits per heavy atom. The first kappa shape index (κ1) is 11.2. The van der Waals surface area contributed by atoms with Crippen molar-refractivity contribution in [3.8, 4) is 0 Å². The monoisotopic (exact) mass is 220 g/mol. The molecule has 0 amide bonds. The lowest BCUT2D eigenvalue weighted by molar-refractivity contribution is -0.0148. The van der Waals surface area contributed by atoms with E-state index in [0.717, 1.165) is 13.1 Å². The molecule has 86 valence electrons. The molecule has 1 fully saturated rings. The average Bonchev–Trinajstić information content (AvgIpc) is 2.39. The highest BCUT2D eigenvalue weighted by molar-refractivity contribution is 5.99. The summed E-state index contributed by atoms with van der Waals surface area (Å²) in [4.78, 5) is 18.2. The van der Waals surface area contributed by atoms with Gasteiger partial charge in [0.2, 0.25) is 0 Å². The number of pyridine rings is 1. The third-order valence-corrected chi connectivity index (χ3v) is 2.84. The third kappa shape index (κ3) is 2.46. The van der Waals surface area contributed by atoms with Gasteiger partial charge in [-0.15, -0.1) is 0 Å². The Hall–Kier alpha value is -1.26. The number of nitrogens with zero attached hydrogens (tertiary/aromatic N) is 2. The molecule has 16 heavy (non-hydrogen) atoms. The van der Waals surface area contributed by atoms with Crippen LogP contribution in [0.5, 0.6) is 0 Å². The molecule has 2 rings (SSSR count). The van der Waals surface area contributed by atoms with Gasteiger partial charge in [-0.2, -0.15) is 0 Å². The van der Waals surface area contributed by atoms with E-state index in [1.807, 2.05) is 0 Å². The fraction of sp³-hybridized carbons (Fsp3) is 0.500. The number of hydrogen-bond acceptors (Lipinski definition) is 4. The van der Waals surface area contributed by atoms with E-state index in [2.05, 4.69) is 16.8 Å². The maximum Gasteiger partial charge on any atom is 0.194 e. The number of ether oxygens (including phenoxy) is 1. The van der Waals surface area contributed by atoms with E-state index < -0.39 is 0 Å². The molecule has 0 aromatic carbocycles. The summed E-state index contributed by atoms with van der Waals surface area (Å²) in [5.74, 6) is 0.0336. The number of carbonyl (C=O) groups is 1. The number of hydrogen-bond donors (Lipinski definition) is 0. The standard InChI is InChI=1S/C12H16N2O2/c1-2-14-6-7-16-11(9-14)12(15)10-4-3-5-13-8-10/h3-5,8,11H,2,6-7,9H2,1H3. The highest BCUT2D eigenvalue weighted by atomic mass is 16.5. The third-order valence-electron chi connectivity index (χ3n) is 2.84. The highest BCUT2D eigenvalue weighted by Gasteiger charge is 2.26. The molecule has 1 aliphatic rings. The number of ketones is 1. The Morgan fingerprint density at radius 2 is 2.56 bits per heavy atom. The van der Waals surface area contributed by atoms with Gasteiger partial charge in [-0.05, 0) is 18.7 Å². The fourth-order valence-corrected chi connectivity index (χ4v) is 1.84. The van der Waals surface area contributed by atoms with Gasteiger partial charge in [-0.1, -0.05) is 6.92 Å². The predicted octanol–water partition coefficient (Wildman–Crippen LogP) is 0.985. The van der Waals surface area contributed by atoms with Crippen LogP contribution in [0.3, 0.4) is 0 Å². The quantitative estimate of drug-likeness (QED) is 0.712. The van der Waals surface area contributed by atoms with Crippen LogP contribution in [0.4, 0.5) is 0 Å². The van der Waals surface area contributed by atoms with Crippen LogP contribution in [-0.4, -0.2) is 48.0 Å². The van der Waals surface area contributed by atoms with E-state index in [1.165, 1.54) is 0 Å². The van der Waals surface area contributed by atoms with E-state index in [-0.39, 0.29) is 11.9 Å². The first-order valence-corrected chi connectivity index (χ1v) is 5.59. The van der Waals surface area contributed by atoms with Gasteiger partial charge in [0.1, 0.15) is 6.10 Å².